The standard InChI is InChI=1S/C9H7N5O2S/c1-16-9(15)6-4(11)5-8(17-6)14-7(12)3(2-10)13-5/h11H2,1H3,(H2,12,14). The van der Waals surface area contributed by atoms with Crippen LogP contribution in [0.3, 0.4) is 0 Å². The lowest BCUT2D eigenvalue weighted by atomic mass is 10.3. The molecule has 17 heavy (non-hydrogen) atoms. The van der Waals surface area contributed by atoms with E-state index in [1.807, 2.05) is 0 Å². The first-order valence-corrected chi connectivity index (χ1v) is 5.24. The predicted octanol–water partition coefficient (Wildman–Crippen LogP) is 0.514. The van der Waals surface area contributed by atoms with Gasteiger partial charge in [-0.1, -0.05) is 0 Å². The van der Waals surface area contributed by atoms with Crippen molar-refractivity contribution in [2.24, 2.45) is 0 Å². The van der Waals surface area contributed by atoms with Gasteiger partial charge in [0.2, 0.25) is 0 Å². The van der Waals surface area contributed by atoms with Crippen molar-refractivity contribution in [3.63, 3.8) is 0 Å². The van der Waals surface area contributed by atoms with Crippen LogP contribution < -0.4 is 11.5 Å². The van der Waals surface area contributed by atoms with Crippen LogP contribution in [-0.2, 0) is 4.74 Å². The van der Waals surface area contributed by atoms with Gasteiger partial charge in [0.1, 0.15) is 21.3 Å². The number of nitrogens with zero attached hydrogens (tertiary/aromatic N) is 3. The highest BCUT2D eigenvalue weighted by Crippen LogP contribution is 2.32. The lowest BCUT2D eigenvalue weighted by Gasteiger charge is -1.96. The summed E-state index contributed by atoms with van der Waals surface area (Å²) >= 11 is 1.03. The number of esters is 1. The molecule has 4 N–H and O–H groups in total. The summed E-state index contributed by atoms with van der Waals surface area (Å²) in [7, 11) is 1.25. The molecule has 0 saturated heterocycles. The number of nitrogen functional groups attached to an aromatic ring is 2. The summed E-state index contributed by atoms with van der Waals surface area (Å²) in [5.74, 6) is -0.554. The van der Waals surface area contributed by atoms with Crippen LogP contribution in [0, 0.1) is 11.3 Å². The molecule has 0 aliphatic rings. The maximum absolute atomic E-state index is 11.4. The molecule has 0 fully saturated rings. The molecule has 2 heterocycles. The summed E-state index contributed by atoms with van der Waals surface area (Å²) in [6.07, 6.45) is 0. The molecule has 2 aromatic rings. The molecule has 0 aliphatic heterocycles. The number of fused-ring (bicyclic) bond motifs is 1. The van der Waals surface area contributed by atoms with Gasteiger partial charge < -0.3 is 16.2 Å². The lowest BCUT2D eigenvalue weighted by molar-refractivity contribution is 0.0607. The van der Waals surface area contributed by atoms with E-state index in [1.54, 1.807) is 6.07 Å². The highest BCUT2D eigenvalue weighted by Gasteiger charge is 2.20. The molecule has 0 aromatic carbocycles. The minimum absolute atomic E-state index is 0.0117. The van der Waals surface area contributed by atoms with Gasteiger partial charge in [-0.15, -0.1) is 11.3 Å². The Balaban J connectivity index is 2.75. The zero-order valence-electron chi connectivity index (χ0n) is 8.72. The van der Waals surface area contributed by atoms with Crippen LogP contribution in [0.4, 0.5) is 11.5 Å². The molecule has 0 radical (unpaired) electrons. The van der Waals surface area contributed by atoms with Crippen molar-refractivity contribution >= 4 is 39.2 Å². The van der Waals surface area contributed by atoms with Crippen LogP contribution in [0.25, 0.3) is 10.3 Å². The van der Waals surface area contributed by atoms with Crippen LogP contribution in [0.5, 0.6) is 0 Å². The summed E-state index contributed by atoms with van der Waals surface area (Å²) in [4.78, 5) is 19.9. The van der Waals surface area contributed by atoms with Gasteiger partial charge in [0.15, 0.2) is 11.5 Å². The molecule has 0 saturated carbocycles. The number of hydrogen-bond acceptors (Lipinski definition) is 8. The average Bonchev–Trinajstić information content (AvgIpc) is 2.64. The second-order valence-corrected chi connectivity index (χ2v) is 4.06. The van der Waals surface area contributed by atoms with Gasteiger partial charge in [0, 0.05) is 0 Å². The van der Waals surface area contributed by atoms with E-state index in [-0.39, 0.29) is 22.1 Å². The molecular weight excluding hydrogens is 242 g/mol. The highest BCUT2D eigenvalue weighted by molar-refractivity contribution is 7.21. The van der Waals surface area contributed by atoms with Crippen LogP contribution in [0.2, 0.25) is 0 Å². The third-order valence-corrected chi connectivity index (χ3v) is 3.13. The monoisotopic (exact) mass is 249 g/mol. The molecule has 0 bridgehead atoms. The summed E-state index contributed by atoms with van der Waals surface area (Å²) in [5, 5.41) is 8.77. The molecule has 0 atom stereocenters. The minimum Gasteiger partial charge on any atom is -0.465 e. The van der Waals surface area contributed by atoms with Crippen molar-refractivity contribution in [2.75, 3.05) is 18.6 Å². The zero-order chi connectivity index (χ0) is 12.6. The van der Waals surface area contributed by atoms with Crippen molar-refractivity contribution in [1.82, 2.24) is 9.97 Å². The highest BCUT2D eigenvalue weighted by atomic mass is 32.1. The largest absolute Gasteiger partial charge is 0.465 e. The first-order chi connectivity index (χ1) is 8.08. The van der Waals surface area contributed by atoms with Gasteiger partial charge in [0.25, 0.3) is 0 Å². The van der Waals surface area contributed by atoms with Gasteiger partial charge in [-0.25, -0.2) is 14.8 Å². The van der Waals surface area contributed by atoms with Gasteiger partial charge >= 0.3 is 5.97 Å². The third-order valence-electron chi connectivity index (χ3n) is 2.07. The molecule has 0 unspecified atom stereocenters. The maximum atomic E-state index is 11.4. The Bertz CT molecular complexity index is 657. The number of rotatable bonds is 1. The normalized spacial score (nSPS) is 10.1. The van der Waals surface area contributed by atoms with Crippen LogP contribution in [-0.4, -0.2) is 23.0 Å². The number of carbonyl (C=O) groups excluding carboxylic acids is 1. The van der Waals surface area contributed by atoms with Crippen molar-refractivity contribution < 1.29 is 9.53 Å². The molecule has 2 aromatic heterocycles. The number of anilines is 2. The van der Waals surface area contributed by atoms with Gasteiger partial charge in [0.05, 0.1) is 12.8 Å². The Hall–Kier alpha value is -2.40. The van der Waals surface area contributed by atoms with Gasteiger partial charge in [-0.3, -0.25) is 0 Å². The van der Waals surface area contributed by atoms with Crippen molar-refractivity contribution in [2.45, 2.75) is 0 Å². The third kappa shape index (κ3) is 1.62. The van der Waals surface area contributed by atoms with E-state index in [4.69, 9.17) is 16.7 Å². The smallest absolute Gasteiger partial charge is 0.350 e. The second-order valence-electron chi connectivity index (χ2n) is 3.06. The number of carbonyl (C=O) groups is 1. The first kappa shape index (κ1) is 11.1. The Morgan fingerprint density at radius 1 is 1.47 bits per heavy atom. The van der Waals surface area contributed by atoms with Crippen molar-refractivity contribution in [3.8, 4) is 6.07 Å². The lowest BCUT2D eigenvalue weighted by Crippen LogP contribution is -2.02. The Labute approximate surface area is 99.6 Å². The van der Waals surface area contributed by atoms with E-state index >= 15 is 0 Å². The molecule has 7 nitrogen and oxygen atoms in total. The molecule has 0 amide bonds. The fourth-order valence-electron chi connectivity index (χ4n) is 1.26. The fraction of sp³-hybridized carbons (Fsp3) is 0.111. The minimum atomic E-state index is -0.565. The molecule has 86 valence electrons. The summed E-state index contributed by atoms with van der Waals surface area (Å²) < 4.78 is 4.57. The number of nitriles is 1. The molecule has 0 spiro atoms. The number of hydrogen-bond donors (Lipinski definition) is 2. The average molecular weight is 249 g/mol. The second kappa shape index (κ2) is 3.88. The van der Waals surface area contributed by atoms with E-state index < -0.39 is 5.97 Å². The van der Waals surface area contributed by atoms with Crippen molar-refractivity contribution in [3.05, 3.63) is 10.6 Å². The van der Waals surface area contributed by atoms with Gasteiger partial charge in [-0.05, 0) is 0 Å². The quantitative estimate of drug-likeness (QED) is 0.704. The van der Waals surface area contributed by atoms with E-state index in [9.17, 15) is 4.79 Å². The number of methoxy groups -OCH3 is 1. The number of aromatic nitrogens is 2. The fourth-order valence-corrected chi connectivity index (χ4v) is 2.23. The van der Waals surface area contributed by atoms with E-state index in [2.05, 4.69) is 14.7 Å². The van der Waals surface area contributed by atoms with Crippen molar-refractivity contribution in [1.29, 1.82) is 5.26 Å². The van der Waals surface area contributed by atoms with Crippen LogP contribution >= 0.6 is 11.3 Å². The predicted molar refractivity (Wildman–Crippen MR) is 62.3 cm³/mol. The topological polar surface area (TPSA) is 128 Å². The Kier molecular flexibility index (Phi) is 2.53. The van der Waals surface area contributed by atoms with E-state index in [1.165, 1.54) is 7.11 Å². The van der Waals surface area contributed by atoms with Gasteiger partial charge in [-0.2, -0.15) is 5.26 Å². The van der Waals surface area contributed by atoms with E-state index in [0.29, 0.717) is 10.3 Å². The summed E-state index contributed by atoms with van der Waals surface area (Å²) in [6, 6.07) is 1.80. The molecule has 0 aliphatic carbocycles. The molecule has 2 rings (SSSR count). The van der Waals surface area contributed by atoms with E-state index in [0.717, 1.165) is 11.3 Å². The van der Waals surface area contributed by atoms with Crippen LogP contribution in [0.1, 0.15) is 15.4 Å². The summed E-state index contributed by atoms with van der Waals surface area (Å²) in [5.41, 5.74) is 11.7. The van der Waals surface area contributed by atoms with Crippen LogP contribution in [0.15, 0.2) is 0 Å². The number of thiophene rings is 1. The summed E-state index contributed by atoms with van der Waals surface area (Å²) in [6.45, 7) is 0. The number of ether oxygens (including phenoxy) is 1. The first-order valence-electron chi connectivity index (χ1n) is 4.42. The Morgan fingerprint density at radius 2 is 2.18 bits per heavy atom. The Morgan fingerprint density at radius 3 is 2.76 bits per heavy atom. The maximum Gasteiger partial charge on any atom is 0.350 e. The number of nitrogens with two attached hydrogens (primary N) is 2. The molecule has 8 heteroatoms. The SMILES string of the molecule is COC(=O)c1sc2nc(N)c(C#N)nc2c1N. The zero-order valence-corrected chi connectivity index (χ0v) is 9.54. The molecular formula is C9H7N5O2S.